The molecule has 2 nitrogen and oxygen atoms in total. The third-order valence-corrected chi connectivity index (χ3v) is 5.58. The first-order valence-electron chi connectivity index (χ1n) is 8.02. The van der Waals surface area contributed by atoms with Gasteiger partial charge in [0.2, 0.25) is 0 Å². The minimum absolute atomic E-state index is 0.0518. The zero-order valence-electron chi connectivity index (χ0n) is 12.6. The SMILES string of the molecule is CCC1(CC)OB(C2CCCC2)OC1(CC)CC. The normalized spacial score (nSPS) is 27.0. The second-order valence-corrected chi connectivity index (χ2v) is 6.05. The number of hydrogen-bond donors (Lipinski definition) is 0. The summed E-state index contributed by atoms with van der Waals surface area (Å²) in [5.41, 5.74) is -0.104. The van der Waals surface area contributed by atoms with E-state index in [2.05, 4.69) is 27.7 Å². The third kappa shape index (κ3) is 2.04. The van der Waals surface area contributed by atoms with Crippen molar-refractivity contribution in [2.24, 2.45) is 0 Å². The quantitative estimate of drug-likeness (QED) is 0.666. The molecule has 104 valence electrons. The fraction of sp³-hybridized carbons (Fsp3) is 1.00. The Labute approximate surface area is 113 Å². The van der Waals surface area contributed by atoms with E-state index >= 15 is 0 Å². The molecular weight excluding hydrogens is 223 g/mol. The lowest BCUT2D eigenvalue weighted by Crippen LogP contribution is -2.50. The van der Waals surface area contributed by atoms with E-state index in [0.29, 0.717) is 5.82 Å². The average Bonchev–Trinajstić information content (AvgIpc) is 3.04. The Balaban J connectivity index is 2.21. The van der Waals surface area contributed by atoms with Gasteiger partial charge in [0, 0.05) is 0 Å². The molecule has 0 radical (unpaired) electrons. The van der Waals surface area contributed by atoms with Gasteiger partial charge in [0.25, 0.3) is 0 Å². The Kier molecular flexibility index (Phi) is 4.43. The molecule has 2 fully saturated rings. The zero-order valence-corrected chi connectivity index (χ0v) is 12.6. The van der Waals surface area contributed by atoms with Gasteiger partial charge in [-0.25, -0.2) is 0 Å². The van der Waals surface area contributed by atoms with Crippen molar-refractivity contribution >= 4 is 7.12 Å². The summed E-state index contributed by atoms with van der Waals surface area (Å²) >= 11 is 0. The van der Waals surface area contributed by atoms with E-state index in [0.717, 1.165) is 25.7 Å². The molecule has 0 aromatic rings. The van der Waals surface area contributed by atoms with Crippen molar-refractivity contribution in [1.29, 1.82) is 0 Å². The lowest BCUT2D eigenvalue weighted by atomic mass is 9.71. The van der Waals surface area contributed by atoms with Crippen LogP contribution in [-0.2, 0) is 9.31 Å². The van der Waals surface area contributed by atoms with Gasteiger partial charge in [0.05, 0.1) is 11.2 Å². The molecule has 0 aromatic carbocycles. The summed E-state index contributed by atoms with van der Waals surface area (Å²) in [7, 11) is 0.0623. The molecule has 2 aliphatic rings. The first-order chi connectivity index (χ1) is 8.67. The molecule has 1 saturated heterocycles. The van der Waals surface area contributed by atoms with Crippen LogP contribution >= 0.6 is 0 Å². The number of hydrogen-bond acceptors (Lipinski definition) is 2. The Morgan fingerprint density at radius 2 is 1.22 bits per heavy atom. The van der Waals surface area contributed by atoms with Gasteiger partial charge in [-0.3, -0.25) is 0 Å². The van der Waals surface area contributed by atoms with E-state index in [1.807, 2.05) is 0 Å². The Morgan fingerprint density at radius 3 is 1.56 bits per heavy atom. The van der Waals surface area contributed by atoms with Crippen LogP contribution in [0.5, 0.6) is 0 Å². The molecule has 3 heteroatoms. The molecule has 18 heavy (non-hydrogen) atoms. The highest BCUT2D eigenvalue weighted by Crippen LogP contribution is 2.51. The van der Waals surface area contributed by atoms with Crippen molar-refractivity contribution in [3.63, 3.8) is 0 Å². The molecule has 0 spiro atoms. The summed E-state index contributed by atoms with van der Waals surface area (Å²) < 4.78 is 13.0. The number of rotatable bonds is 5. The van der Waals surface area contributed by atoms with Crippen LogP contribution in [-0.4, -0.2) is 18.3 Å². The van der Waals surface area contributed by atoms with Gasteiger partial charge in [-0.05, 0) is 31.5 Å². The van der Waals surface area contributed by atoms with E-state index in [9.17, 15) is 0 Å². The van der Waals surface area contributed by atoms with Crippen molar-refractivity contribution in [2.75, 3.05) is 0 Å². The van der Waals surface area contributed by atoms with Gasteiger partial charge in [-0.1, -0.05) is 53.4 Å². The molecule has 2 rings (SSSR count). The monoisotopic (exact) mass is 252 g/mol. The van der Waals surface area contributed by atoms with Crippen molar-refractivity contribution in [3.05, 3.63) is 0 Å². The third-order valence-electron chi connectivity index (χ3n) is 5.58. The molecule has 0 bridgehead atoms. The molecule has 0 amide bonds. The lowest BCUT2D eigenvalue weighted by Gasteiger charge is -2.42. The first kappa shape index (κ1) is 14.4. The fourth-order valence-corrected chi connectivity index (χ4v) is 4.23. The fourth-order valence-electron chi connectivity index (χ4n) is 4.23. The van der Waals surface area contributed by atoms with Gasteiger partial charge >= 0.3 is 7.12 Å². The second kappa shape index (κ2) is 5.54. The minimum Gasteiger partial charge on any atom is -0.402 e. The molecule has 0 atom stereocenters. The highest BCUT2D eigenvalue weighted by Gasteiger charge is 2.59. The second-order valence-electron chi connectivity index (χ2n) is 6.05. The van der Waals surface area contributed by atoms with Gasteiger partial charge in [-0.2, -0.15) is 0 Å². The summed E-state index contributed by atoms with van der Waals surface area (Å²) in [6.45, 7) is 9.02. The van der Waals surface area contributed by atoms with Crippen LogP contribution in [0.15, 0.2) is 0 Å². The van der Waals surface area contributed by atoms with E-state index in [-0.39, 0.29) is 18.3 Å². The van der Waals surface area contributed by atoms with Crippen LogP contribution in [0.2, 0.25) is 5.82 Å². The molecule has 0 unspecified atom stereocenters. The Hall–Kier alpha value is -0.0151. The highest BCUT2D eigenvalue weighted by atomic mass is 16.7. The largest absolute Gasteiger partial charge is 0.461 e. The standard InChI is InChI=1S/C15H29BO2/c1-5-14(6-2)15(7-3,8-4)18-16(17-14)13-11-9-10-12-13/h13H,5-12H2,1-4H3. The van der Waals surface area contributed by atoms with Gasteiger partial charge in [0.15, 0.2) is 0 Å². The van der Waals surface area contributed by atoms with E-state index in [1.54, 1.807) is 0 Å². The lowest BCUT2D eigenvalue weighted by molar-refractivity contribution is -0.0601. The van der Waals surface area contributed by atoms with E-state index in [4.69, 9.17) is 9.31 Å². The van der Waals surface area contributed by atoms with Crippen LogP contribution in [0.1, 0.15) is 79.1 Å². The summed E-state index contributed by atoms with van der Waals surface area (Å²) in [5.74, 6) is 0.641. The maximum Gasteiger partial charge on any atom is 0.461 e. The smallest absolute Gasteiger partial charge is 0.402 e. The van der Waals surface area contributed by atoms with Crippen LogP contribution in [0.25, 0.3) is 0 Å². The minimum atomic E-state index is -0.0518. The highest BCUT2D eigenvalue weighted by molar-refractivity contribution is 6.47. The molecule has 0 N–H and O–H groups in total. The van der Waals surface area contributed by atoms with Gasteiger partial charge in [-0.15, -0.1) is 0 Å². The molecule has 1 aliphatic carbocycles. The van der Waals surface area contributed by atoms with Crippen molar-refractivity contribution in [3.8, 4) is 0 Å². The summed E-state index contributed by atoms with van der Waals surface area (Å²) in [6.07, 6.45) is 9.54. The van der Waals surface area contributed by atoms with Crippen LogP contribution in [0.4, 0.5) is 0 Å². The first-order valence-corrected chi connectivity index (χ1v) is 8.02. The van der Waals surface area contributed by atoms with Crippen molar-refractivity contribution < 1.29 is 9.31 Å². The zero-order chi connectivity index (χ0) is 13.2. The maximum absolute atomic E-state index is 6.51. The predicted octanol–water partition coefficient (Wildman–Crippen LogP) is 4.58. The summed E-state index contributed by atoms with van der Waals surface area (Å²) in [4.78, 5) is 0. The van der Waals surface area contributed by atoms with E-state index < -0.39 is 0 Å². The molecule has 1 saturated carbocycles. The average molecular weight is 252 g/mol. The Bertz CT molecular complexity index is 246. The topological polar surface area (TPSA) is 18.5 Å². The molecular formula is C15H29BO2. The Morgan fingerprint density at radius 1 is 0.833 bits per heavy atom. The molecule has 1 heterocycles. The van der Waals surface area contributed by atoms with Gasteiger partial charge in [0.1, 0.15) is 0 Å². The van der Waals surface area contributed by atoms with Crippen LogP contribution in [0.3, 0.4) is 0 Å². The summed E-state index contributed by atoms with van der Waals surface area (Å²) in [6, 6.07) is 0. The van der Waals surface area contributed by atoms with Gasteiger partial charge < -0.3 is 9.31 Å². The van der Waals surface area contributed by atoms with Crippen molar-refractivity contribution in [2.45, 2.75) is 96.1 Å². The molecule has 1 aliphatic heterocycles. The molecule has 0 aromatic heterocycles. The van der Waals surface area contributed by atoms with Crippen LogP contribution < -0.4 is 0 Å². The maximum atomic E-state index is 6.51. The van der Waals surface area contributed by atoms with E-state index in [1.165, 1.54) is 25.7 Å². The summed E-state index contributed by atoms with van der Waals surface area (Å²) in [5, 5.41) is 0. The predicted molar refractivity (Wildman–Crippen MR) is 76.8 cm³/mol. The van der Waals surface area contributed by atoms with Crippen molar-refractivity contribution in [1.82, 2.24) is 0 Å². The van der Waals surface area contributed by atoms with Crippen LogP contribution in [0, 0.1) is 0 Å².